The summed E-state index contributed by atoms with van der Waals surface area (Å²) in [5, 5.41) is 3.85. The van der Waals surface area contributed by atoms with Crippen LogP contribution in [-0.4, -0.2) is 37.0 Å². The van der Waals surface area contributed by atoms with Crippen LogP contribution < -0.4 is 10.6 Å². The lowest BCUT2D eigenvalue weighted by molar-refractivity contribution is 0.0747. The minimum atomic E-state index is 0.142. The van der Waals surface area contributed by atoms with Gasteiger partial charge in [-0.05, 0) is 35.7 Å². The van der Waals surface area contributed by atoms with Crippen LogP contribution in [0, 0.1) is 0 Å². The van der Waals surface area contributed by atoms with Crippen molar-refractivity contribution in [3.8, 4) is 0 Å². The van der Waals surface area contributed by atoms with Crippen LogP contribution in [0.3, 0.4) is 0 Å². The number of benzene rings is 1. The van der Waals surface area contributed by atoms with Crippen LogP contribution in [0.4, 0.5) is 11.4 Å². The van der Waals surface area contributed by atoms with Gasteiger partial charge in [0.1, 0.15) is 0 Å². The van der Waals surface area contributed by atoms with Crippen molar-refractivity contribution in [2.24, 2.45) is 0 Å². The smallest absolute Gasteiger partial charge is 0.254 e. The Morgan fingerprint density at radius 1 is 1.05 bits per heavy atom. The highest BCUT2D eigenvalue weighted by atomic mass is 32.1. The van der Waals surface area contributed by atoms with Crippen molar-refractivity contribution in [3.63, 3.8) is 0 Å². The van der Waals surface area contributed by atoms with Gasteiger partial charge in [0.2, 0.25) is 0 Å². The minimum absolute atomic E-state index is 0.142. The Hall–Kier alpha value is -2.01. The fourth-order valence-electron chi connectivity index (χ4n) is 2.42. The first-order valence-corrected chi connectivity index (χ1v) is 7.60. The molecule has 0 spiro atoms. The highest BCUT2D eigenvalue weighted by Gasteiger charge is 2.22. The number of piperazine rings is 1. The average Bonchev–Trinajstić information content (AvgIpc) is 3.02. The minimum Gasteiger partial charge on any atom is -0.399 e. The van der Waals surface area contributed by atoms with Gasteiger partial charge in [-0.2, -0.15) is 11.3 Å². The summed E-state index contributed by atoms with van der Waals surface area (Å²) >= 11 is 1.56. The summed E-state index contributed by atoms with van der Waals surface area (Å²) in [6.07, 6.45) is 0. The monoisotopic (exact) mass is 287 g/mol. The van der Waals surface area contributed by atoms with Crippen molar-refractivity contribution < 1.29 is 4.79 Å². The summed E-state index contributed by atoms with van der Waals surface area (Å²) < 4.78 is 0. The Morgan fingerprint density at radius 2 is 1.75 bits per heavy atom. The number of nitrogen functional groups attached to an aromatic ring is 1. The first kappa shape index (κ1) is 13.0. The molecule has 4 nitrogen and oxygen atoms in total. The zero-order chi connectivity index (χ0) is 13.9. The Morgan fingerprint density at radius 3 is 2.35 bits per heavy atom. The summed E-state index contributed by atoms with van der Waals surface area (Å²) in [4.78, 5) is 16.5. The number of thiophene rings is 1. The molecule has 0 unspecified atom stereocenters. The van der Waals surface area contributed by atoms with E-state index in [4.69, 9.17) is 5.73 Å². The number of rotatable bonds is 2. The highest BCUT2D eigenvalue weighted by Crippen LogP contribution is 2.19. The molecule has 2 N–H and O–H groups in total. The fraction of sp³-hybridized carbons (Fsp3) is 0.267. The van der Waals surface area contributed by atoms with Crippen molar-refractivity contribution in [2.45, 2.75) is 0 Å². The fourth-order valence-corrected chi connectivity index (χ4v) is 3.05. The molecule has 1 fully saturated rings. The van der Waals surface area contributed by atoms with Crippen molar-refractivity contribution in [1.82, 2.24) is 4.90 Å². The first-order valence-electron chi connectivity index (χ1n) is 6.66. The zero-order valence-corrected chi connectivity index (χ0v) is 12.0. The summed E-state index contributed by atoms with van der Waals surface area (Å²) in [6.45, 7) is 3.25. The standard InChI is InChI=1S/C15H17N3OS/c16-13-1-3-14(4-2-13)17-6-8-18(9-7-17)15(19)12-5-10-20-11-12/h1-5,10-11H,6-9,16H2. The summed E-state index contributed by atoms with van der Waals surface area (Å²) in [6, 6.07) is 9.78. The molecule has 2 heterocycles. The summed E-state index contributed by atoms with van der Waals surface area (Å²) in [5.41, 5.74) is 8.45. The molecular weight excluding hydrogens is 270 g/mol. The SMILES string of the molecule is Nc1ccc(N2CCN(C(=O)c3ccsc3)CC2)cc1. The van der Waals surface area contributed by atoms with E-state index in [-0.39, 0.29) is 5.91 Å². The number of carbonyl (C=O) groups is 1. The van der Waals surface area contributed by atoms with Gasteiger partial charge in [-0.15, -0.1) is 0 Å². The van der Waals surface area contributed by atoms with Gasteiger partial charge < -0.3 is 15.5 Å². The van der Waals surface area contributed by atoms with Crippen molar-refractivity contribution in [2.75, 3.05) is 36.8 Å². The number of carbonyl (C=O) groups excluding carboxylic acids is 1. The van der Waals surface area contributed by atoms with E-state index in [1.54, 1.807) is 11.3 Å². The van der Waals surface area contributed by atoms with Crippen molar-refractivity contribution >= 4 is 28.6 Å². The Bertz CT molecular complexity index is 572. The topological polar surface area (TPSA) is 49.6 Å². The quantitative estimate of drug-likeness (QED) is 0.862. The zero-order valence-electron chi connectivity index (χ0n) is 11.2. The molecule has 1 saturated heterocycles. The second kappa shape index (κ2) is 5.54. The predicted octanol–water partition coefficient (Wildman–Crippen LogP) is 2.29. The van der Waals surface area contributed by atoms with E-state index in [0.717, 1.165) is 37.4 Å². The van der Waals surface area contributed by atoms with E-state index < -0.39 is 0 Å². The predicted molar refractivity (Wildman–Crippen MR) is 83.3 cm³/mol. The van der Waals surface area contributed by atoms with Gasteiger partial charge in [0, 0.05) is 42.9 Å². The number of amides is 1. The molecule has 20 heavy (non-hydrogen) atoms. The molecule has 0 atom stereocenters. The molecule has 104 valence electrons. The molecule has 1 amide bonds. The lowest BCUT2D eigenvalue weighted by atomic mass is 10.2. The third kappa shape index (κ3) is 2.63. The van der Waals surface area contributed by atoms with Gasteiger partial charge >= 0.3 is 0 Å². The van der Waals surface area contributed by atoms with Crippen LogP contribution in [0.2, 0.25) is 0 Å². The van der Waals surface area contributed by atoms with E-state index >= 15 is 0 Å². The highest BCUT2D eigenvalue weighted by molar-refractivity contribution is 7.08. The Kier molecular flexibility index (Phi) is 3.60. The van der Waals surface area contributed by atoms with E-state index in [2.05, 4.69) is 4.90 Å². The largest absolute Gasteiger partial charge is 0.399 e. The molecule has 0 saturated carbocycles. The Balaban J connectivity index is 1.62. The van der Waals surface area contributed by atoms with E-state index in [1.807, 2.05) is 46.0 Å². The number of hydrogen-bond donors (Lipinski definition) is 1. The van der Waals surface area contributed by atoms with Crippen LogP contribution in [-0.2, 0) is 0 Å². The molecule has 0 bridgehead atoms. The molecule has 1 aromatic carbocycles. The lowest BCUT2D eigenvalue weighted by Crippen LogP contribution is -2.48. The summed E-state index contributed by atoms with van der Waals surface area (Å²) in [7, 11) is 0. The van der Waals surface area contributed by atoms with Gasteiger partial charge in [-0.25, -0.2) is 0 Å². The van der Waals surface area contributed by atoms with E-state index in [1.165, 1.54) is 5.69 Å². The van der Waals surface area contributed by atoms with Crippen LogP contribution in [0.15, 0.2) is 41.1 Å². The van der Waals surface area contributed by atoms with Crippen LogP contribution in [0.5, 0.6) is 0 Å². The second-order valence-electron chi connectivity index (χ2n) is 4.88. The maximum Gasteiger partial charge on any atom is 0.254 e. The molecular formula is C15H17N3OS. The number of anilines is 2. The third-order valence-electron chi connectivity index (χ3n) is 3.59. The van der Waals surface area contributed by atoms with Crippen LogP contribution in [0.25, 0.3) is 0 Å². The van der Waals surface area contributed by atoms with Crippen LogP contribution >= 0.6 is 11.3 Å². The van der Waals surface area contributed by atoms with Crippen molar-refractivity contribution in [1.29, 1.82) is 0 Å². The second-order valence-corrected chi connectivity index (χ2v) is 5.66. The Labute approximate surface area is 122 Å². The van der Waals surface area contributed by atoms with Crippen molar-refractivity contribution in [3.05, 3.63) is 46.7 Å². The first-order chi connectivity index (χ1) is 9.74. The molecule has 1 aromatic heterocycles. The van der Waals surface area contributed by atoms with Gasteiger partial charge in [-0.1, -0.05) is 0 Å². The number of hydrogen-bond acceptors (Lipinski definition) is 4. The number of nitrogens with zero attached hydrogens (tertiary/aromatic N) is 2. The normalized spacial score (nSPS) is 15.4. The van der Waals surface area contributed by atoms with Gasteiger partial charge in [0.05, 0.1) is 5.56 Å². The van der Waals surface area contributed by atoms with Crippen LogP contribution in [0.1, 0.15) is 10.4 Å². The molecule has 0 aliphatic carbocycles. The summed E-state index contributed by atoms with van der Waals surface area (Å²) in [5.74, 6) is 0.142. The van der Waals surface area contributed by atoms with E-state index in [9.17, 15) is 4.79 Å². The molecule has 0 radical (unpaired) electrons. The molecule has 1 aliphatic rings. The molecule has 2 aromatic rings. The molecule has 1 aliphatic heterocycles. The maximum absolute atomic E-state index is 12.2. The number of nitrogens with two attached hydrogens (primary N) is 1. The van der Waals surface area contributed by atoms with E-state index in [0.29, 0.717) is 0 Å². The molecule has 5 heteroatoms. The maximum atomic E-state index is 12.2. The van der Waals surface area contributed by atoms with Gasteiger partial charge in [0.25, 0.3) is 5.91 Å². The van der Waals surface area contributed by atoms with Gasteiger partial charge in [-0.3, -0.25) is 4.79 Å². The van der Waals surface area contributed by atoms with Gasteiger partial charge in [0.15, 0.2) is 0 Å². The lowest BCUT2D eigenvalue weighted by Gasteiger charge is -2.36. The average molecular weight is 287 g/mol. The molecule has 3 rings (SSSR count). The third-order valence-corrected chi connectivity index (χ3v) is 4.28.